The van der Waals surface area contributed by atoms with Crippen LogP contribution in [-0.2, 0) is 4.74 Å². The maximum Gasteiger partial charge on any atom is 0.415 e. The molecule has 1 aromatic rings. The highest BCUT2D eigenvalue weighted by Gasteiger charge is 2.46. The molecule has 0 radical (unpaired) electrons. The van der Waals surface area contributed by atoms with Gasteiger partial charge in [-0.25, -0.2) is 14.8 Å². The van der Waals surface area contributed by atoms with Crippen molar-refractivity contribution in [2.45, 2.75) is 18.4 Å². The Labute approximate surface area is 110 Å². The minimum absolute atomic E-state index is 0.285. The SMILES string of the molecule is COc1ncc(N2CC3(CCNCC3)OC2=O)cn1. The monoisotopic (exact) mass is 264 g/mol. The Kier molecular flexibility index (Phi) is 2.98. The molecule has 0 saturated carbocycles. The number of piperidine rings is 1. The molecule has 1 aromatic heterocycles. The highest BCUT2D eigenvalue weighted by Crippen LogP contribution is 2.33. The Hall–Kier alpha value is -1.89. The number of nitrogens with one attached hydrogen (secondary N) is 1. The maximum absolute atomic E-state index is 12.0. The van der Waals surface area contributed by atoms with Crippen molar-refractivity contribution in [2.24, 2.45) is 0 Å². The third-order valence-electron chi connectivity index (χ3n) is 3.59. The summed E-state index contributed by atoms with van der Waals surface area (Å²) >= 11 is 0. The molecule has 7 nitrogen and oxygen atoms in total. The number of methoxy groups -OCH3 is 1. The van der Waals surface area contributed by atoms with E-state index in [4.69, 9.17) is 9.47 Å². The van der Waals surface area contributed by atoms with Gasteiger partial charge in [-0.3, -0.25) is 4.90 Å². The van der Waals surface area contributed by atoms with Crippen molar-refractivity contribution in [3.63, 3.8) is 0 Å². The molecule has 0 bridgehead atoms. The number of nitrogens with zero attached hydrogens (tertiary/aromatic N) is 3. The first-order valence-electron chi connectivity index (χ1n) is 6.30. The molecule has 1 spiro atoms. The smallest absolute Gasteiger partial charge is 0.415 e. The van der Waals surface area contributed by atoms with Gasteiger partial charge in [-0.1, -0.05) is 0 Å². The van der Waals surface area contributed by atoms with E-state index < -0.39 is 0 Å². The highest BCUT2D eigenvalue weighted by atomic mass is 16.6. The molecule has 3 heterocycles. The van der Waals surface area contributed by atoms with E-state index in [2.05, 4.69) is 15.3 Å². The number of carbonyl (C=O) groups excluding carboxylic acids is 1. The van der Waals surface area contributed by atoms with Crippen molar-refractivity contribution < 1.29 is 14.3 Å². The van der Waals surface area contributed by atoms with Gasteiger partial charge in [0.15, 0.2) is 0 Å². The number of anilines is 1. The van der Waals surface area contributed by atoms with Gasteiger partial charge in [0.05, 0.1) is 31.7 Å². The lowest BCUT2D eigenvalue weighted by Crippen LogP contribution is -2.44. The fraction of sp³-hybridized carbons (Fsp3) is 0.583. The summed E-state index contributed by atoms with van der Waals surface area (Å²) in [5.74, 6) is 0. The van der Waals surface area contributed by atoms with Gasteiger partial charge in [-0.15, -0.1) is 0 Å². The minimum atomic E-state index is -0.359. The maximum atomic E-state index is 12.0. The molecule has 3 rings (SSSR count). The van der Waals surface area contributed by atoms with Gasteiger partial charge in [-0.2, -0.15) is 0 Å². The fourth-order valence-electron chi connectivity index (χ4n) is 2.52. The van der Waals surface area contributed by atoms with Gasteiger partial charge >= 0.3 is 12.1 Å². The van der Waals surface area contributed by atoms with E-state index in [0.29, 0.717) is 12.2 Å². The molecule has 2 aliphatic rings. The van der Waals surface area contributed by atoms with E-state index in [1.807, 2.05) is 0 Å². The van der Waals surface area contributed by atoms with Crippen molar-refractivity contribution in [3.8, 4) is 6.01 Å². The summed E-state index contributed by atoms with van der Waals surface area (Å²) in [5.41, 5.74) is 0.281. The normalized spacial score (nSPS) is 21.5. The summed E-state index contributed by atoms with van der Waals surface area (Å²) < 4.78 is 10.5. The molecule has 0 aliphatic carbocycles. The second kappa shape index (κ2) is 4.65. The van der Waals surface area contributed by atoms with Crippen LogP contribution in [-0.4, -0.2) is 48.4 Å². The third kappa shape index (κ3) is 2.21. The van der Waals surface area contributed by atoms with Crippen molar-refractivity contribution in [1.29, 1.82) is 0 Å². The number of ether oxygens (including phenoxy) is 2. The number of hydrogen-bond acceptors (Lipinski definition) is 6. The first-order valence-corrected chi connectivity index (χ1v) is 6.30. The Balaban J connectivity index is 1.79. The number of carbonyl (C=O) groups is 1. The van der Waals surface area contributed by atoms with Crippen molar-refractivity contribution in [2.75, 3.05) is 31.6 Å². The first-order chi connectivity index (χ1) is 9.22. The number of amides is 1. The lowest BCUT2D eigenvalue weighted by atomic mass is 9.92. The standard InChI is InChI=1S/C12H16N4O3/c1-18-10-14-6-9(7-15-10)16-8-12(19-11(16)17)2-4-13-5-3-12/h6-7,13H,2-5,8H2,1H3. The number of aromatic nitrogens is 2. The first kappa shape index (κ1) is 12.2. The summed E-state index contributed by atoms with van der Waals surface area (Å²) in [6.07, 6.45) is 4.51. The van der Waals surface area contributed by atoms with Crippen LogP contribution < -0.4 is 15.0 Å². The van der Waals surface area contributed by atoms with E-state index in [9.17, 15) is 4.79 Å². The summed E-state index contributed by atoms with van der Waals surface area (Å²) in [6, 6.07) is 0.285. The van der Waals surface area contributed by atoms with Crippen molar-refractivity contribution in [1.82, 2.24) is 15.3 Å². The second-order valence-corrected chi connectivity index (χ2v) is 4.82. The average molecular weight is 264 g/mol. The lowest BCUT2D eigenvalue weighted by Gasteiger charge is -2.31. The van der Waals surface area contributed by atoms with Gasteiger partial charge in [0.1, 0.15) is 5.60 Å². The predicted octanol–water partition coefficient (Wildman–Crippen LogP) is 0.564. The number of hydrogen-bond donors (Lipinski definition) is 1. The molecule has 102 valence electrons. The fourth-order valence-corrected chi connectivity index (χ4v) is 2.52. The topological polar surface area (TPSA) is 76.6 Å². The average Bonchev–Trinajstić information content (AvgIpc) is 2.76. The molecule has 1 amide bonds. The van der Waals surface area contributed by atoms with Crippen LogP contribution in [0.2, 0.25) is 0 Å². The number of rotatable bonds is 2. The van der Waals surface area contributed by atoms with Crippen molar-refractivity contribution >= 4 is 11.8 Å². The molecule has 2 saturated heterocycles. The van der Waals surface area contributed by atoms with E-state index in [-0.39, 0.29) is 17.7 Å². The molecule has 19 heavy (non-hydrogen) atoms. The Morgan fingerprint density at radius 1 is 1.37 bits per heavy atom. The predicted molar refractivity (Wildman–Crippen MR) is 67.2 cm³/mol. The van der Waals surface area contributed by atoms with Crippen LogP contribution >= 0.6 is 0 Å². The van der Waals surface area contributed by atoms with E-state index >= 15 is 0 Å². The van der Waals surface area contributed by atoms with E-state index in [0.717, 1.165) is 25.9 Å². The zero-order valence-electron chi connectivity index (χ0n) is 10.8. The summed E-state index contributed by atoms with van der Waals surface area (Å²) in [5, 5.41) is 3.27. The molecule has 2 aliphatic heterocycles. The van der Waals surface area contributed by atoms with Gasteiger partial charge in [0.25, 0.3) is 0 Å². The molecule has 0 unspecified atom stereocenters. The van der Waals surface area contributed by atoms with Crippen LogP contribution in [0.25, 0.3) is 0 Å². The quantitative estimate of drug-likeness (QED) is 0.841. The molecule has 2 fully saturated rings. The Bertz CT molecular complexity index is 470. The lowest BCUT2D eigenvalue weighted by molar-refractivity contribution is 0.0316. The largest absolute Gasteiger partial charge is 0.467 e. The Morgan fingerprint density at radius 3 is 2.68 bits per heavy atom. The zero-order valence-corrected chi connectivity index (χ0v) is 10.8. The van der Waals surface area contributed by atoms with Crippen LogP contribution in [0.1, 0.15) is 12.8 Å². The second-order valence-electron chi connectivity index (χ2n) is 4.82. The van der Waals surface area contributed by atoms with Crippen LogP contribution in [0, 0.1) is 0 Å². The summed E-state index contributed by atoms with van der Waals surface area (Å²) in [6.45, 7) is 2.31. The van der Waals surface area contributed by atoms with Crippen LogP contribution in [0.15, 0.2) is 12.4 Å². The van der Waals surface area contributed by atoms with Gasteiger partial charge in [-0.05, 0) is 13.1 Å². The van der Waals surface area contributed by atoms with Crippen LogP contribution in [0.3, 0.4) is 0 Å². The van der Waals surface area contributed by atoms with Gasteiger partial charge in [0, 0.05) is 12.8 Å². The van der Waals surface area contributed by atoms with Crippen LogP contribution in [0.5, 0.6) is 6.01 Å². The minimum Gasteiger partial charge on any atom is -0.467 e. The zero-order chi connectivity index (χ0) is 13.3. The van der Waals surface area contributed by atoms with Crippen LogP contribution in [0.4, 0.5) is 10.5 Å². The molecular weight excluding hydrogens is 248 g/mol. The highest BCUT2D eigenvalue weighted by molar-refractivity contribution is 5.89. The van der Waals surface area contributed by atoms with E-state index in [1.165, 1.54) is 7.11 Å². The van der Waals surface area contributed by atoms with Crippen molar-refractivity contribution in [3.05, 3.63) is 12.4 Å². The third-order valence-corrected chi connectivity index (χ3v) is 3.59. The molecule has 0 aromatic carbocycles. The molecule has 0 atom stereocenters. The van der Waals surface area contributed by atoms with E-state index in [1.54, 1.807) is 17.3 Å². The van der Waals surface area contributed by atoms with Gasteiger partial charge < -0.3 is 14.8 Å². The summed E-state index contributed by atoms with van der Waals surface area (Å²) in [4.78, 5) is 21.6. The Morgan fingerprint density at radius 2 is 2.05 bits per heavy atom. The molecule has 7 heteroatoms. The molecular formula is C12H16N4O3. The van der Waals surface area contributed by atoms with Gasteiger partial charge in [0.2, 0.25) is 0 Å². The molecule has 1 N–H and O–H groups in total. The summed E-state index contributed by atoms with van der Waals surface area (Å²) in [7, 11) is 1.50.